The number of nitriles is 1. The summed E-state index contributed by atoms with van der Waals surface area (Å²) in [5.41, 5.74) is 2.32. The fourth-order valence-corrected chi connectivity index (χ4v) is 3.88. The SMILES string of the molecule is Cc1ccc2[nH]c(C(=O)N[C@@H](CC(C)C)C(=O)N[C@H](C#N)C[C@@H]3CCNC3=O)cc2c1. The summed E-state index contributed by atoms with van der Waals surface area (Å²) >= 11 is 0. The first-order chi connectivity index (χ1) is 14.8. The summed E-state index contributed by atoms with van der Waals surface area (Å²) in [7, 11) is 0. The quantitative estimate of drug-likeness (QED) is 0.519. The zero-order valence-corrected chi connectivity index (χ0v) is 18.1. The van der Waals surface area contributed by atoms with Gasteiger partial charge >= 0.3 is 0 Å². The minimum Gasteiger partial charge on any atom is -0.356 e. The van der Waals surface area contributed by atoms with E-state index in [-0.39, 0.29) is 30.1 Å². The van der Waals surface area contributed by atoms with Gasteiger partial charge in [0.05, 0.1) is 6.07 Å². The van der Waals surface area contributed by atoms with Gasteiger partial charge in [-0.05, 0) is 50.3 Å². The van der Waals surface area contributed by atoms with Crippen molar-refractivity contribution >= 4 is 28.6 Å². The zero-order valence-electron chi connectivity index (χ0n) is 18.1. The van der Waals surface area contributed by atoms with Crippen molar-refractivity contribution in [2.75, 3.05) is 6.54 Å². The van der Waals surface area contributed by atoms with Gasteiger partial charge in [-0.3, -0.25) is 14.4 Å². The van der Waals surface area contributed by atoms with Crippen molar-refractivity contribution in [2.45, 2.75) is 52.1 Å². The Kier molecular flexibility index (Phi) is 6.95. The van der Waals surface area contributed by atoms with E-state index in [1.807, 2.05) is 39.0 Å². The number of aromatic amines is 1. The molecule has 31 heavy (non-hydrogen) atoms. The molecule has 0 unspecified atom stereocenters. The summed E-state index contributed by atoms with van der Waals surface area (Å²) in [4.78, 5) is 40.6. The third kappa shape index (κ3) is 5.63. The van der Waals surface area contributed by atoms with E-state index in [1.54, 1.807) is 6.07 Å². The largest absolute Gasteiger partial charge is 0.356 e. The van der Waals surface area contributed by atoms with Crippen molar-refractivity contribution < 1.29 is 14.4 Å². The van der Waals surface area contributed by atoms with Gasteiger partial charge in [-0.25, -0.2) is 0 Å². The Morgan fingerprint density at radius 3 is 2.68 bits per heavy atom. The smallest absolute Gasteiger partial charge is 0.268 e. The van der Waals surface area contributed by atoms with Crippen molar-refractivity contribution in [3.8, 4) is 6.07 Å². The van der Waals surface area contributed by atoms with Gasteiger partial charge in [-0.1, -0.05) is 25.5 Å². The second-order valence-corrected chi connectivity index (χ2v) is 8.63. The van der Waals surface area contributed by atoms with E-state index >= 15 is 0 Å². The van der Waals surface area contributed by atoms with Crippen LogP contribution in [0.5, 0.6) is 0 Å². The van der Waals surface area contributed by atoms with Crippen LogP contribution in [0.3, 0.4) is 0 Å². The average Bonchev–Trinajstić information content (AvgIpc) is 3.32. The molecule has 164 valence electrons. The van der Waals surface area contributed by atoms with Crippen LogP contribution < -0.4 is 16.0 Å². The monoisotopic (exact) mass is 423 g/mol. The van der Waals surface area contributed by atoms with Crippen LogP contribution in [-0.4, -0.2) is 41.3 Å². The van der Waals surface area contributed by atoms with E-state index in [4.69, 9.17) is 0 Å². The number of amides is 3. The highest BCUT2D eigenvalue weighted by Gasteiger charge is 2.30. The van der Waals surface area contributed by atoms with E-state index in [1.165, 1.54) is 0 Å². The van der Waals surface area contributed by atoms with Crippen LogP contribution in [-0.2, 0) is 9.59 Å². The van der Waals surface area contributed by atoms with E-state index in [0.29, 0.717) is 25.1 Å². The van der Waals surface area contributed by atoms with E-state index < -0.39 is 18.0 Å². The topological polar surface area (TPSA) is 127 Å². The Morgan fingerprint density at radius 1 is 1.26 bits per heavy atom. The summed E-state index contributed by atoms with van der Waals surface area (Å²) < 4.78 is 0. The molecule has 0 bridgehead atoms. The van der Waals surface area contributed by atoms with Crippen molar-refractivity contribution in [3.63, 3.8) is 0 Å². The molecule has 0 spiro atoms. The average molecular weight is 424 g/mol. The number of hydrogen-bond donors (Lipinski definition) is 4. The minimum atomic E-state index is -0.788. The predicted molar refractivity (Wildman–Crippen MR) is 117 cm³/mol. The number of H-pyrrole nitrogens is 1. The molecule has 1 aliphatic heterocycles. The number of nitrogens with one attached hydrogen (secondary N) is 4. The van der Waals surface area contributed by atoms with E-state index in [9.17, 15) is 19.6 Å². The van der Waals surface area contributed by atoms with Crippen LogP contribution in [0.1, 0.15) is 49.2 Å². The summed E-state index contributed by atoms with van der Waals surface area (Å²) in [6, 6.07) is 8.11. The van der Waals surface area contributed by atoms with Crippen LogP contribution in [0.15, 0.2) is 24.3 Å². The van der Waals surface area contributed by atoms with Gasteiger partial charge in [0, 0.05) is 23.4 Å². The maximum absolute atomic E-state index is 12.9. The van der Waals surface area contributed by atoms with Gasteiger partial charge in [0.15, 0.2) is 0 Å². The summed E-state index contributed by atoms with van der Waals surface area (Å²) in [5.74, 6) is -1.01. The molecule has 1 fully saturated rings. The molecule has 1 aromatic heterocycles. The van der Waals surface area contributed by atoms with Crippen molar-refractivity contribution in [1.82, 2.24) is 20.9 Å². The fourth-order valence-electron chi connectivity index (χ4n) is 3.88. The lowest BCUT2D eigenvalue weighted by Crippen LogP contribution is -2.50. The number of benzene rings is 1. The molecule has 0 radical (unpaired) electrons. The summed E-state index contributed by atoms with van der Waals surface area (Å²) in [5, 5.41) is 18.6. The van der Waals surface area contributed by atoms with Crippen molar-refractivity contribution in [2.24, 2.45) is 11.8 Å². The lowest BCUT2D eigenvalue weighted by molar-refractivity contribution is -0.125. The highest BCUT2D eigenvalue weighted by Crippen LogP contribution is 2.18. The van der Waals surface area contributed by atoms with E-state index in [0.717, 1.165) is 16.5 Å². The molecule has 8 nitrogen and oxygen atoms in total. The Labute approximate surface area is 181 Å². The molecular formula is C23H29N5O3. The summed E-state index contributed by atoms with van der Waals surface area (Å²) in [6.07, 6.45) is 1.34. The number of carbonyl (C=O) groups excluding carboxylic acids is 3. The molecular weight excluding hydrogens is 394 g/mol. The number of fused-ring (bicyclic) bond motifs is 1. The molecule has 0 saturated carbocycles. The molecule has 0 aliphatic carbocycles. The second-order valence-electron chi connectivity index (χ2n) is 8.63. The van der Waals surface area contributed by atoms with Gasteiger partial charge in [0.1, 0.15) is 17.8 Å². The van der Waals surface area contributed by atoms with Crippen molar-refractivity contribution in [1.29, 1.82) is 5.26 Å². The molecule has 1 saturated heterocycles. The fraction of sp³-hybridized carbons (Fsp3) is 0.478. The van der Waals surface area contributed by atoms with Gasteiger partial charge < -0.3 is 20.9 Å². The van der Waals surface area contributed by atoms with Gasteiger partial charge in [0.25, 0.3) is 5.91 Å². The van der Waals surface area contributed by atoms with E-state index in [2.05, 4.69) is 27.0 Å². The maximum Gasteiger partial charge on any atom is 0.268 e. The first-order valence-corrected chi connectivity index (χ1v) is 10.6. The number of nitrogens with zero attached hydrogens (tertiary/aromatic N) is 1. The third-order valence-electron chi connectivity index (χ3n) is 5.51. The number of aryl methyl sites for hydroxylation is 1. The second kappa shape index (κ2) is 9.65. The van der Waals surface area contributed by atoms with Crippen LogP contribution in [0, 0.1) is 30.1 Å². The van der Waals surface area contributed by atoms with Crippen molar-refractivity contribution in [3.05, 3.63) is 35.5 Å². The number of hydrogen-bond acceptors (Lipinski definition) is 4. The maximum atomic E-state index is 12.9. The van der Waals surface area contributed by atoms with Gasteiger partial charge in [-0.15, -0.1) is 0 Å². The first-order valence-electron chi connectivity index (χ1n) is 10.6. The van der Waals surface area contributed by atoms with Crippen LogP contribution in [0.25, 0.3) is 10.9 Å². The molecule has 1 aromatic carbocycles. The third-order valence-corrected chi connectivity index (χ3v) is 5.51. The minimum absolute atomic E-state index is 0.0874. The first kappa shape index (κ1) is 22.3. The highest BCUT2D eigenvalue weighted by molar-refractivity contribution is 6.00. The lowest BCUT2D eigenvalue weighted by Gasteiger charge is -2.22. The Morgan fingerprint density at radius 2 is 2.03 bits per heavy atom. The molecule has 8 heteroatoms. The Hall–Kier alpha value is -3.34. The Balaban J connectivity index is 1.69. The molecule has 3 atom stereocenters. The standard InChI is InChI=1S/C23H29N5O3/c1-13(2)8-19(22(30)26-17(12-24)10-15-6-7-25-21(15)29)28-23(31)20-11-16-9-14(3)4-5-18(16)27-20/h4-5,9,11,13,15,17,19,27H,6-8,10H2,1-3H3,(H,25,29)(H,26,30)(H,28,31)/t15-,17-,19-/m0/s1. The zero-order chi connectivity index (χ0) is 22.5. The molecule has 2 heterocycles. The number of rotatable bonds is 8. The molecule has 3 amide bonds. The number of carbonyl (C=O) groups is 3. The van der Waals surface area contributed by atoms with Gasteiger partial charge in [0.2, 0.25) is 11.8 Å². The van der Waals surface area contributed by atoms with Gasteiger partial charge in [-0.2, -0.15) is 5.26 Å². The molecule has 1 aliphatic rings. The molecule has 3 rings (SSSR count). The Bertz CT molecular complexity index is 1020. The lowest BCUT2D eigenvalue weighted by atomic mass is 9.98. The normalized spacial score (nSPS) is 17.8. The van der Waals surface area contributed by atoms with Crippen LogP contribution in [0.4, 0.5) is 0 Å². The van der Waals surface area contributed by atoms with Crippen LogP contribution >= 0.6 is 0 Å². The van der Waals surface area contributed by atoms with Crippen LogP contribution in [0.2, 0.25) is 0 Å². The molecule has 2 aromatic rings. The molecule has 4 N–H and O–H groups in total. The number of aromatic nitrogens is 1. The predicted octanol–water partition coefficient (Wildman–Crippen LogP) is 2.16. The highest BCUT2D eigenvalue weighted by atomic mass is 16.2. The summed E-state index contributed by atoms with van der Waals surface area (Å²) in [6.45, 7) is 6.49.